The smallest absolute Gasteiger partial charge is 0.325 e. The number of carbonyl (C=O) groups is 3. The molecule has 1 fully saturated rings. The second kappa shape index (κ2) is 9.20. The van der Waals surface area contributed by atoms with Gasteiger partial charge in [0.1, 0.15) is 6.04 Å². The van der Waals surface area contributed by atoms with E-state index in [1.54, 1.807) is 24.3 Å². The molecular weight excluding hydrogens is 320 g/mol. The molecule has 1 aromatic rings. The van der Waals surface area contributed by atoms with Gasteiger partial charge < -0.3 is 15.7 Å². The molecule has 1 atom stereocenters. The highest BCUT2D eigenvalue weighted by Gasteiger charge is 2.17. The van der Waals surface area contributed by atoms with Crippen molar-refractivity contribution in [1.82, 2.24) is 5.32 Å². The van der Waals surface area contributed by atoms with Crippen molar-refractivity contribution >= 4 is 23.5 Å². The minimum Gasteiger partial charge on any atom is -0.480 e. The topological polar surface area (TPSA) is 95.5 Å². The van der Waals surface area contributed by atoms with E-state index in [4.69, 9.17) is 5.11 Å². The summed E-state index contributed by atoms with van der Waals surface area (Å²) >= 11 is 0. The minimum absolute atomic E-state index is 0.00333. The Morgan fingerprint density at radius 2 is 1.68 bits per heavy atom. The van der Waals surface area contributed by atoms with E-state index in [1.165, 1.54) is 32.6 Å². The number of amides is 2. The van der Waals surface area contributed by atoms with Crippen molar-refractivity contribution in [2.24, 2.45) is 5.92 Å². The Labute approximate surface area is 148 Å². The summed E-state index contributed by atoms with van der Waals surface area (Å²) in [5.41, 5.74) is 0.997. The quantitative estimate of drug-likeness (QED) is 0.689. The molecule has 1 aliphatic rings. The fourth-order valence-electron chi connectivity index (χ4n) is 3.09. The molecule has 0 radical (unpaired) electrons. The molecule has 1 unspecified atom stereocenters. The van der Waals surface area contributed by atoms with Crippen molar-refractivity contribution < 1.29 is 19.5 Å². The van der Waals surface area contributed by atoms with Crippen LogP contribution in [-0.4, -0.2) is 28.9 Å². The fourth-order valence-corrected chi connectivity index (χ4v) is 3.09. The second-order valence-electron chi connectivity index (χ2n) is 6.72. The van der Waals surface area contributed by atoms with Gasteiger partial charge in [0.2, 0.25) is 5.91 Å². The third-order valence-corrected chi connectivity index (χ3v) is 4.60. The van der Waals surface area contributed by atoms with Gasteiger partial charge in [0, 0.05) is 17.7 Å². The number of anilines is 1. The number of hydrogen-bond acceptors (Lipinski definition) is 3. The van der Waals surface area contributed by atoms with Crippen molar-refractivity contribution in [1.29, 1.82) is 0 Å². The predicted molar refractivity (Wildman–Crippen MR) is 95.4 cm³/mol. The van der Waals surface area contributed by atoms with Gasteiger partial charge in [-0.2, -0.15) is 0 Å². The van der Waals surface area contributed by atoms with Crippen molar-refractivity contribution in [2.75, 3.05) is 5.32 Å². The van der Waals surface area contributed by atoms with E-state index in [9.17, 15) is 14.4 Å². The van der Waals surface area contributed by atoms with Gasteiger partial charge in [0.25, 0.3) is 5.91 Å². The summed E-state index contributed by atoms with van der Waals surface area (Å²) in [4.78, 5) is 34.9. The summed E-state index contributed by atoms with van der Waals surface area (Å²) in [6.45, 7) is 1.41. The predicted octanol–water partition coefficient (Wildman–Crippen LogP) is 3.19. The van der Waals surface area contributed by atoms with Gasteiger partial charge in [-0.05, 0) is 49.9 Å². The molecule has 2 rings (SSSR count). The number of hydrogen-bond donors (Lipinski definition) is 3. The summed E-state index contributed by atoms with van der Waals surface area (Å²) in [5.74, 6) is -1.07. The highest BCUT2D eigenvalue weighted by Crippen LogP contribution is 2.25. The molecule has 0 saturated heterocycles. The number of carbonyl (C=O) groups excluding carboxylic acids is 2. The van der Waals surface area contributed by atoms with Crippen LogP contribution < -0.4 is 10.6 Å². The molecule has 136 valence electrons. The molecule has 6 heteroatoms. The third-order valence-electron chi connectivity index (χ3n) is 4.60. The highest BCUT2D eigenvalue weighted by atomic mass is 16.4. The van der Waals surface area contributed by atoms with E-state index in [0.717, 1.165) is 12.8 Å². The lowest BCUT2D eigenvalue weighted by molar-refractivity contribution is -0.138. The summed E-state index contributed by atoms with van der Waals surface area (Å²) in [6, 6.07) is 5.51. The van der Waals surface area contributed by atoms with Crippen LogP contribution in [0.1, 0.15) is 62.2 Å². The Balaban J connectivity index is 1.85. The molecule has 1 saturated carbocycles. The first-order chi connectivity index (χ1) is 12.0. The van der Waals surface area contributed by atoms with Crippen LogP contribution in [0.15, 0.2) is 24.3 Å². The fraction of sp³-hybridized carbons (Fsp3) is 0.526. The van der Waals surface area contributed by atoms with Gasteiger partial charge in [0.15, 0.2) is 0 Å². The van der Waals surface area contributed by atoms with Crippen molar-refractivity contribution in [2.45, 2.75) is 57.9 Å². The van der Waals surface area contributed by atoms with Gasteiger partial charge in [-0.1, -0.05) is 25.7 Å². The van der Waals surface area contributed by atoms with E-state index >= 15 is 0 Å². The highest BCUT2D eigenvalue weighted by molar-refractivity contribution is 5.97. The van der Waals surface area contributed by atoms with Crippen molar-refractivity contribution in [3.05, 3.63) is 29.8 Å². The molecule has 1 aromatic carbocycles. The Bertz CT molecular complexity index is 604. The number of rotatable bonds is 6. The molecule has 1 aliphatic carbocycles. The van der Waals surface area contributed by atoms with E-state index < -0.39 is 17.9 Å². The number of aliphatic carboxylic acids is 1. The summed E-state index contributed by atoms with van der Waals surface area (Å²) in [5, 5.41) is 14.1. The Kier molecular flexibility index (Phi) is 6.98. The Morgan fingerprint density at radius 3 is 2.24 bits per heavy atom. The zero-order valence-electron chi connectivity index (χ0n) is 14.6. The first kappa shape index (κ1) is 19.0. The molecule has 0 spiro atoms. The maximum absolute atomic E-state index is 12.2. The molecule has 0 heterocycles. The zero-order chi connectivity index (χ0) is 18.2. The summed E-state index contributed by atoms with van der Waals surface area (Å²) in [7, 11) is 0. The molecule has 0 aliphatic heterocycles. The van der Waals surface area contributed by atoms with Crippen LogP contribution in [-0.2, 0) is 9.59 Å². The van der Waals surface area contributed by atoms with E-state index in [-0.39, 0.29) is 5.91 Å². The Morgan fingerprint density at radius 1 is 1.08 bits per heavy atom. The third kappa shape index (κ3) is 6.21. The van der Waals surface area contributed by atoms with Crippen molar-refractivity contribution in [3.63, 3.8) is 0 Å². The van der Waals surface area contributed by atoms with E-state index in [1.807, 2.05) is 0 Å². The largest absolute Gasteiger partial charge is 0.480 e. The molecule has 2 amide bonds. The van der Waals surface area contributed by atoms with E-state index in [0.29, 0.717) is 23.6 Å². The van der Waals surface area contributed by atoms with Gasteiger partial charge in [-0.25, -0.2) is 0 Å². The normalized spacial score (nSPS) is 16.5. The Hall–Kier alpha value is -2.37. The van der Waals surface area contributed by atoms with E-state index in [2.05, 4.69) is 10.6 Å². The SMILES string of the molecule is CC(NC(=O)c1ccc(NC(=O)CC2CCCCCC2)cc1)C(=O)O. The van der Waals surface area contributed by atoms with Gasteiger partial charge in [-0.3, -0.25) is 14.4 Å². The van der Waals surface area contributed by atoms with Gasteiger partial charge in [0.05, 0.1) is 0 Å². The number of carboxylic acids is 1. The number of nitrogens with one attached hydrogen (secondary N) is 2. The van der Waals surface area contributed by atoms with Crippen LogP contribution in [0.5, 0.6) is 0 Å². The lowest BCUT2D eigenvalue weighted by Gasteiger charge is -2.14. The van der Waals surface area contributed by atoms with Gasteiger partial charge in [-0.15, -0.1) is 0 Å². The maximum Gasteiger partial charge on any atom is 0.325 e. The average Bonchev–Trinajstić information content (AvgIpc) is 2.83. The molecule has 0 aromatic heterocycles. The average molecular weight is 346 g/mol. The maximum atomic E-state index is 12.2. The van der Waals surface area contributed by atoms with Crippen LogP contribution in [0.3, 0.4) is 0 Å². The number of carboxylic acid groups (broad SMARTS) is 1. The first-order valence-corrected chi connectivity index (χ1v) is 8.89. The molecule has 6 nitrogen and oxygen atoms in total. The minimum atomic E-state index is -1.09. The zero-order valence-corrected chi connectivity index (χ0v) is 14.6. The number of benzene rings is 1. The summed E-state index contributed by atoms with van der Waals surface area (Å²) in [6.07, 6.45) is 7.72. The molecular formula is C19H26N2O4. The second-order valence-corrected chi connectivity index (χ2v) is 6.72. The molecule has 25 heavy (non-hydrogen) atoms. The van der Waals surface area contributed by atoms with Crippen LogP contribution >= 0.6 is 0 Å². The summed E-state index contributed by atoms with van der Waals surface area (Å²) < 4.78 is 0. The lowest BCUT2D eigenvalue weighted by atomic mass is 9.96. The van der Waals surface area contributed by atoms with Crippen molar-refractivity contribution in [3.8, 4) is 0 Å². The van der Waals surface area contributed by atoms with Crippen LogP contribution in [0.4, 0.5) is 5.69 Å². The standard InChI is InChI=1S/C19H26N2O4/c1-13(19(24)25)20-18(23)15-8-10-16(11-9-15)21-17(22)12-14-6-4-2-3-5-7-14/h8-11,13-14H,2-7,12H2,1H3,(H,20,23)(H,21,22)(H,24,25). The molecule has 0 bridgehead atoms. The van der Waals surface area contributed by atoms with Gasteiger partial charge >= 0.3 is 5.97 Å². The molecule has 3 N–H and O–H groups in total. The first-order valence-electron chi connectivity index (χ1n) is 8.89. The monoisotopic (exact) mass is 346 g/mol. The van der Waals surface area contributed by atoms with Crippen LogP contribution in [0.25, 0.3) is 0 Å². The van der Waals surface area contributed by atoms with Crippen LogP contribution in [0.2, 0.25) is 0 Å². The van der Waals surface area contributed by atoms with Crippen LogP contribution in [0, 0.1) is 5.92 Å². The lowest BCUT2D eigenvalue weighted by Crippen LogP contribution is -2.38.